The SMILES string of the molecule is CCOc1cccc(Nc2cc(C)ccc2F)c1N. The molecule has 0 heterocycles. The zero-order valence-corrected chi connectivity index (χ0v) is 11.0. The third-order valence-corrected chi connectivity index (χ3v) is 2.76. The monoisotopic (exact) mass is 260 g/mol. The number of hydrogen-bond acceptors (Lipinski definition) is 3. The molecule has 2 aromatic carbocycles. The minimum atomic E-state index is -0.313. The second-order valence-corrected chi connectivity index (χ2v) is 4.26. The molecule has 2 rings (SSSR count). The Kier molecular flexibility index (Phi) is 3.90. The molecular formula is C15H17FN2O. The molecule has 100 valence electrons. The molecule has 0 aliphatic heterocycles. The number of halogens is 1. The predicted molar refractivity (Wildman–Crippen MR) is 76.4 cm³/mol. The molecule has 0 aliphatic rings. The molecule has 0 aliphatic carbocycles. The predicted octanol–water partition coefficient (Wildman–Crippen LogP) is 3.86. The van der Waals surface area contributed by atoms with E-state index in [1.807, 2.05) is 19.9 Å². The molecule has 2 aromatic rings. The Balaban J connectivity index is 2.33. The van der Waals surface area contributed by atoms with Crippen LogP contribution in [-0.2, 0) is 0 Å². The minimum Gasteiger partial charge on any atom is -0.492 e. The van der Waals surface area contributed by atoms with Crippen molar-refractivity contribution in [2.45, 2.75) is 13.8 Å². The van der Waals surface area contributed by atoms with Gasteiger partial charge in [0.15, 0.2) is 0 Å². The average Bonchev–Trinajstić information content (AvgIpc) is 2.39. The van der Waals surface area contributed by atoms with Crippen LogP contribution in [0.2, 0.25) is 0 Å². The first-order valence-corrected chi connectivity index (χ1v) is 6.16. The number of para-hydroxylation sites is 1. The molecule has 0 radical (unpaired) electrons. The summed E-state index contributed by atoms with van der Waals surface area (Å²) < 4.78 is 19.1. The summed E-state index contributed by atoms with van der Waals surface area (Å²) in [5, 5.41) is 3.00. The van der Waals surface area contributed by atoms with Gasteiger partial charge < -0.3 is 15.8 Å². The van der Waals surface area contributed by atoms with E-state index in [2.05, 4.69) is 5.32 Å². The third kappa shape index (κ3) is 2.96. The molecule has 0 aromatic heterocycles. The minimum absolute atomic E-state index is 0.313. The zero-order chi connectivity index (χ0) is 13.8. The molecule has 0 amide bonds. The van der Waals surface area contributed by atoms with Crippen LogP contribution in [0.1, 0.15) is 12.5 Å². The normalized spacial score (nSPS) is 10.3. The molecule has 3 N–H and O–H groups in total. The van der Waals surface area contributed by atoms with Crippen molar-refractivity contribution < 1.29 is 9.13 Å². The summed E-state index contributed by atoms with van der Waals surface area (Å²) in [6, 6.07) is 10.3. The molecule has 0 unspecified atom stereocenters. The van der Waals surface area contributed by atoms with Crippen LogP contribution in [0.3, 0.4) is 0 Å². The molecule has 4 heteroatoms. The van der Waals surface area contributed by atoms with Crippen molar-refractivity contribution in [3.63, 3.8) is 0 Å². The van der Waals surface area contributed by atoms with E-state index in [0.29, 0.717) is 29.4 Å². The maximum Gasteiger partial charge on any atom is 0.146 e. The van der Waals surface area contributed by atoms with E-state index >= 15 is 0 Å². The lowest BCUT2D eigenvalue weighted by molar-refractivity contribution is 0.342. The average molecular weight is 260 g/mol. The van der Waals surface area contributed by atoms with Crippen molar-refractivity contribution in [2.75, 3.05) is 17.7 Å². The van der Waals surface area contributed by atoms with Crippen LogP contribution in [0, 0.1) is 12.7 Å². The third-order valence-electron chi connectivity index (χ3n) is 2.76. The molecule has 19 heavy (non-hydrogen) atoms. The largest absolute Gasteiger partial charge is 0.492 e. The van der Waals surface area contributed by atoms with Crippen molar-refractivity contribution in [2.24, 2.45) is 0 Å². The first-order valence-electron chi connectivity index (χ1n) is 6.16. The Hall–Kier alpha value is -2.23. The van der Waals surface area contributed by atoms with Crippen molar-refractivity contribution in [1.29, 1.82) is 0 Å². The highest BCUT2D eigenvalue weighted by Crippen LogP contribution is 2.32. The fraction of sp³-hybridized carbons (Fsp3) is 0.200. The fourth-order valence-electron chi connectivity index (χ4n) is 1.81. The topological polar surface area (TPSA) is 47.3 Å². The Morgan fingerprint density at radius 3 is 2.74 bits per heavy atom. The molecular weight excluding hydrogens is 243 g/mol. The van der Waals surface area contributed by atoms with Gasteiger partial charge in [-0.25, -0.2) is 4.39 Å². The van der Waals surface area contributed by atoms with Crippen LogP contribution in [0.15, 0.2) is 36.4 Å². The van der Waals surface area contributed by atoms with E-state index in [1.54, 1.807) is 24.3 Å². The van der Waals surface area contributed by atoms with E-state index in [4.69, 9.17) is 10.5 Å². The Bertz CT molecular complexity index is 584. The highest BCUT2D eigenvalue weighted by molar-refractivity contribution is 5.77. The van der Waals surface area contributed by atoms with Crippen molar-refractivity contribution >= 4 is 17.1 Å². The number of nitrogen functional groups attached to an aromatic ring is 1. The van der Waals surface area contributed by atoms with E-state index < -0.39 is 0 Å². The van der Waals surface area contributed by atoms with Gasteiger partial charge >= 0.3 is 0 Å². The molecule has 3 nitrogen and oxygen atoms in total. The van der Waals surface area contributed by atoms with Gasteiger partial charge in [-0.1, -0.05) is 12.1 Å². The lowest BCUT2D eigenvalue weighted by Crippen LogP contribution is -2.02. The molecule has 0 saturated heterocycles. The number of rotatable bonds is 4. The lowest BCUT2D eigenvalue weighted by Gasteiger charge is -2.14. The van der Waals surface area contributed by atoms with Crippen LogP contribution in [-0.4, -0.2) is 6.61 Å². The second-order valence-electron chi connectivity index (χ2n) is 4.26. The van der Waals surface area contributed by atoms with Gasteiger partial charge in [0, 0.05) is 0 Å². The number of nitrogens with one attached hydrogen (secondary N) is 1. The van der Waals surface area contributed by atoms with E-state index in [9.17, 15) is 4.39 Å². The number of aryl methyl sites for hydroxylation is 1. The molecule has 0 bridgehead atoms. The quantitative estimate of drug-likeness (QED) is 0.821. The number of ether oxygens (including phenoxy) is 1. The van der Waals surface area contributed by atoms with E-state index in [0.717, 1.165) is 5.56 Å². The van der Waals surface area contributed by atoms with Crippen molar-refractivity contribution in [1.82, 2.24) is 0 Å². The Morgan fingerprint density at radius 1 is 1.21 bits per heavy atom. The van der Waals surface area contributed by atoms with Crippen LogP contribution < -0.4 is 15.8 Å². The van der Waals surface area contributed by atoms with Crippen molar-refractivity contribution in [3.8, 4) is 5.75 Å². The second kappa shape index (κ2) is 5.61. The van der Waals surface area contributed by atoms with Gasteiger partial charge in [-0.2, -0.15) is 0 Å². The maximum absolute atomic E-state index is 13.7. The van der Waals surface area contributed by atoms with Gasteiger partial charge in [-0.3, -0.25) is 0 Å². The summed E-state index contributed by atoms with van der Waals surface area (Å²) >= 11 is 0. The number of nitrogens with two attached hydrogens (primary N) is 1. The summed E-state index contributed by atoms with van der Waals surface area (Å²) in [6.07, 6.45) is 0. The zero-order valence-electron chi connectivity index (χ0n) is 11.0. The van der Waals surface area contributed by atoms with Crippen LogP contribution in [0.4, 0.5) is 21.5 Å². The maximum atomic E-state index is 13.7. The highest BCUT2D eigenvalue weighted by atomic mass is 19.1. The smallest absolute Gasteiger partial charge is 0.146 e. The summed E-state index contributed by atoms with van der Waals surface area (Å²) in [6.45, 7) is 4.33. The number of benzene rings is 2. The van der Waals surface area contributed by atoms with Crippen LogP contribution in [0.5, 0.6) is 5.75 Å². The Morgan fingerprint density at radius 2 is 2.00 bits per heavy atom. The standard InChI is InChI=1S/C15H17FN2O/c1-3-19-14-6-4-5-12(15(14)17)18-13-9-10(2)7-8-11(13)16/h4-9,18H,3,17H2,1-2H3. The first-order chi connectivity index (χ1) is 9.11. The van der Waals surface area contributed by atoms with Gasteiger partial charge in [-0.15, -0.1) is 0 Å². The number of anilines is 3. The van der Waals surface area contributed by atoms with Crippen LogP contribution >= 0.6 is 0 Å². The van der Waals surface area contributed by atoms with E-state index in [1.165, 1.54) is 6.07 Å². The van der Waals surface area contributed by atoms with Gasteiger partial charge in [0.1, 0.15) is 11.6 Å². The Labute approximate surface area is 112 Å². The van der Waals surface area contributed by atoms with E-state index in [-0.39, 0.29) is 5.82 Å². The fourth-order valence-corrected chi connectivity index (χ4v) is 1.81. The molecule has 0 saturated carbocycles. The van der Waals surface area contributed by atoms with Crippen LogP contribution in [0.25, 0.3) is 0 Å². The molecule has 0 fully saturated rings. The number of hydrogen-bond donors (Lipinski definition) is 2. The summed E-state index contributed by atoms with van der Waals surface area (Å²) in [5.41, 5.74) is 8.49. The first kappa shape index (κ1) is 13.2. The van der Waals surface area contributed by atoms with Gasteiger partial charge in [0.25, 0.3) is 0 Å². The summed E-state index contributed by atoms with van der Waals surface area (Å²) in [4.78, 5) is 0. The lowest BCUT2D eigenvalue weighted by atomic mass is 10.2. The highest BCUT2D eigenvalue weighted by Gasteiger charge is 2.08. The van der Waals surface area contributed by atoms with Gasteiger partial charge in [0.05, 0.1) is 23.7 Å². The molecule has 0 atom stereocenters. The van der Waals surface area contributed by atoms with Gasteiger partial charge in [0.2, 0.25) is 0 Å². The molecule has 0 spiro atoms. The summed E-state index contributed by atoms with van der Waals surface area (Å²) in [7, 11) is 0. The summed E-state index contributed by atoms with van der Waals surface area (Å²) in [5.74, 6) is 0.285. The van der Waals surface area contributed by atoms with Crippen molar-refractivity contribution in [3.05, 3.63) is 47.8 Å². The van der Waals surface area contributed by atoms with Gasteiger partial charge in [-0.05, 0) is 43.7 Å².